The van der Waals surface area contributed by atoms with Crippen LogP contribution in [0, 0.1) is 0 Å². The zero-order valence-corrected chi connectivity index (χ0v) is 22.0. The number of fused-ring (bicyclic) bond motifs is 2. The fraction of sp³-hybridized carbons (Fsp3) is 0.280. The van der Waals surface area contributed by atoms with Gasteiger partial charge in [-0.25, -0.2) is 0 Å². The molecule has 6 rings (SSSR count). The summed E-state index contributed by atoms with van der Waals surface area (Å²) in [6.07, 6.45) is 2.70. The molecule has 4 aromatic rings. The van der Waals surface area contributed by atoms with Crippen LogP contribution in [-0.2, 0) is 9.59 Å². The van der Waals surface area contributed by atoms with Crippen LogP contribution >= 0.6 is 11.8 Å². The molecule has 5 N–H and O–H groups in total. The van der Waals surface area contributed by atoms with Gasteiger partial charge in [0.1, 0.15) is 40.3 Å². The molecular weight excluding hydrogens is 538 g/mol. The Morgan fingerprint density at radius 3 is 2.67 bits per heavy atom. The van der Waals surface area contributed by atoms with Crippen molar-refractivity contribution in [1.29, 1.82) is 0 Å². The van der Waals surface area contributed by atoms with Crippen LogP contribution in [0.2, 0.25) is 0 Å². The third kappa shape index (κ3) is 4.14. The Labute approximate surface area is 230 Å². The van der Waals surface area contributed by atoms with Crippen molar-refractivity contribution in [2.75, 3.05) is 0 Å². The van der Waals surface area contributed by atoms with Crippen molar-refractivity contribution in [1.82, 2.24) is 46.1 Å². The Bertz CT molecular complexity index is 1690. The number of aromatic nitrogens is 6. The Morgan fingerprint density at radius 2 is 1.95 bits per heavy atom. The second kappa shape index (κ2) is 9.44. The summed E-state index contributed by atoms with van der Waals surface area (Å²) in [7, 11) is 0. The van der Waals surface area contributed by atoms with Crippen molar-refractivity contribution in [2.45, 2.75) is 42.1 Å². The van der Waals surface area contributed by atoms with Crippen LogP contribution in [0.1, 0.15) is 47.7 Å². The number of H-pyrrole nitrogens is 2. The third-order valence-electron chi connectivity index (χ3n) is 6.99. The number of hydrogen-bond donors (Lipinski definition) is 5. The molecule has 2 aliphatic rings. The van der Waals surface area contributed by atoms with Gasteiger partial charge in [-0.2, -0.15) is 5.21 Å². The van der Waals surface area contributed by atoms with Gasteiger partial charge in [-0.3, -0.25) is 24.2 Å². The van der Waals surface area contributed by atoms with Gasteiger partial charge in [-0.1, -0.05) is 17.3 Å². The van der Waals surface area contributed by atoms with Crippen molar-refractivity contribution in [3.05, 3.63) is 76.0 Å². The topological polar surface area (TPSA) is 199 Å². The van der Waals surface area contributed by atoms with E-state index in [1.54, 1.807) is 17.0 Å². The third-order valence-corrected chi connectivity index (χ3v) is 8.56. The van der Waals surface area contributed by atoms with E-state index in [0.29, 0.717) is 16.9 Å². The fourth-order valence-corrected chi connectivity index (χ4v) is 6.71. The molecule has 3 amide bonds. The number of amides is 3. The van der Waals surface area contributed by atoms with Crippen LogP contribution in [0.4, 0.5) is 0 Å². The summed E-state index contributed by atoms with van der Waals surface area (Å²) in [5.74, 6) is -1.44. The number of aromatic hydroxyl groups is 1. The number of nitrogens with zero attached hydrogens (tertiary/aromatic N) is 5. The molecular formula is C25H23N9O5S. The van der Waals surface area contributed by atoms with Gasteiger partial charge in [0, 0.05) is 17.1 Å². The van der Waals surface area contributed by atoms with Crippen molar-refractivity contribution in [2.24, 2.45) is 0 Å². The molecule has 2 unspecified atom stereocenters. The smallest absolute Gasteiger partial charge is 0.257 e. The molecule has 204 valence electrons. The first-order valence-corrected chi connectivity index (χ1v) is 13.1. The number of carbonyl (C=O) groups is 3. The average Bonchev–Trinajstić information content (AvgIpc) is 3.55. The summed E-state index contributed by atoms with van der Waals surface area (Å²) in [5.41, 5.74) is 0.0501. The number of thioether (sulfide) groups is 1. The van der Waals surface area contributed by atoms with Crippen molar-refractivity contribution in [3.8, 4) is 5.75 Å². The van der Waals surface area contributed by atoms with Crippen molar-refractivity contribution < 1.29 is 19.5 Å². The van der Waals surface area contributed by atoms with E-state index in [-0.39, 0.29) is 28.1 Å². The monoisotopic (exact) mass is 561 g/mol. The molecule has 2 fully saturated rings. The number of β-lactam (4-membered cyclic amide) rings is 1. The first-order valence-electron chi connectivity index (χ1n) is 12.3. The molecule has 14 nitrogen and oxygen atoms in total. The minimum absolute atomic E-state index is 0.0341. The molecule has 1 aromatic carbocycles. The Kier molecular flexibility index (Phi) is 6.02. The van der Waals surface area contributed by atoms with E-state index >= 15 is 0 Å². The normalized spacial score (nSPS) is 21.9. The predicted octanol–water partition coefficient (Wildman–Crippen LogP) is 0.533. The maximum absolute atomic E-state index is 13.6. The summed E-state index contributed by atoms with van der Waals surface area (Å²) < 4.78 is -0.459. The molecule has 15 heteroatoms. The second-order valence-electron chi connectivity index (χ2n) is 9.95. The highest BCUT2D eigenvalue weighted by Gasteiger charge is 2.63. The zero-order valence-electron chi connectivity index (χ0n) is 21.2. The molecule has 0 radical (unpaired) electrons. The summed E-state index contributed by atoms with van der Waals surface area (Å²) in [6.45, 7) is 3.91. The highest BCUT2D eigenvalue weighted by Crippen LogP contribution is 2.56. The minimum Gasteiger partial charge on any atom is -0.508 e. The van der Waals surface area contributed by atoms with E-state index in [4.69, 9.17) is 0 Å². The standard InChI is InChI=1S/C25H23N9O5S/c1-25(2)19(20-30-32-33-31-20)34-23(39)17(24(34)40-25)29-22(38)15(11-5-7-12(35)8-6-11)28-21(37)13-10-27-14-4-3-9-26-16(14)18(13)36/h3-10,15,17,19,24,35H,1-2H3,(H,27,36)(H,28,37)(H,29,38)(H,30,31,32,33)/t15-,17?,19?,24-/m1/s1. The van der Waals surface area contributed by atoms with Gasteiger partial charge in [0.25, 0.3) is 5.91 Å². The molecule has 0 saturated carbocycles. The van der Waals surface area contributed by atoms with Crippen LogP contribution in [0.5, 0.6) is 5.75 Å². The zero-order chi connectivity index (χ0) is 28.2. The van der Waals surface area contributed by atoms with Gasteiger partial charge >= 0.3 is 0 Å². The summed E-state index contributed by atoms with van der Waals surface area (Å²) >= 11 is 1.50. The van der Waals surface area contributed by atoms with E-state index in [9.17, 15) is 24.3 Å². The van der Waals surface area contributed by atoms with Crippen molar-refractivity contribution >= 4 is 40.5 Å². The van der Waals surface area contributed by atoms with Gasteiger partial charge in [0.05, 0.1) is 5.52 Å². The maximum Gasteiger partial charge on any atom is 0.257 e. The number of phenols is 1. The van der Waals surface area contributed by atoms with Crippen LogP contribution in [0.15, 0.2) is 53.6 Å². The number of aromatic amines is 2. The Hall–Kier alpha value is -4.79. The van der Waals surface area contributed by atoms with Crippen molar-refractivity contribution in [3.63, 3.8) is 0 Å². The number of tetrazole rings is 1. The van der Waals surface area contributed by atoms with Gasteiger partial charge in [0.2, 0.25) is 17.2 Å². The van der Waals surface area contributed by atoms with E-state index in [0.717, 1.165) is 0 Å². The number of hydrogen-bond acceptors (Lipinski definition) is 10. The summed E-state index contributed by atoms with van der Waals surface area (Å²) in [4.78, 5) is 61.6. The first-order chi connectivity index (χ1) is 19.2. The van der Waals surface area contributed by atoms with E-state index < -0.39 is 40.1 Å². The lowest BCUT2D eigenvalue weighted by molar-refractivity contribution is -0.152. The lowest BCUT2D eigenvalue weighted by Gasteiger charge is -2.44. The Balaban J connectivity index is 1.26. The number of benzene rings is 1. The molecule has 0 bridgehead atoms. The quantitative estimate of drug-likeness (QED) is 0.207. The number of carbonyl (C=O) groups excluding carboxylic acids is 3. The molecule has 2 aliphatic heterocycles. The van der Waals surface area contributed by atoms with Gasteiger partial charge in [-0.15, -0.1) is 22.0 Å². The van der Waals surface area contributed by atoms with Crippen LogP contribution < -0.4 is 16.1 Å². The first kappa shape index (κ1) is 25.5. The van der Waals surface area contributed by atoms with Gasteiger partial charge in [-0.05, 0) is 43.7 Å². The molecule has 4 atom stereocenters. The van der Waals surface area contributed by atoms with E-state index in [1.165, 1.54) is 48.4 Å². The largest absolute Gasteiger partial charge is 0.508 e. The number of rotatable bonds is 6. The van der Waals surface area contributed by atoms with Crippen LogP contribution in [-0.4, -0.2) is 74.5 Å². The predicted molar refractivity (Wildman–Crippen MR) is 142 cm³/mol. The van der Waals surface area contributed by atoms with Gasteiger partial charge < -0.3 is 25.6 Å². The fourth-order valence-electron chi connectivity index (χ4n) is 5.08. The van der Waals surface area contributed by atoms with E-state index in [2.05, 4.69) is 41.2 Å². The van der Waals surface area contributed by atoms with E-state index in [1.807, 2.05) is 13.8 Å². The summed E-state index contributed by atoms with van der Waals surface area (Å²) in [6, 6.07) is 6.41. The maximum atomic E-state index is 13.6. The van der Waals surface area contributed by atoms with Crippen LogP contribution in [0.3, 0.4) is 0 Å². The Morgan fingerprint density at radius 1 is 1.18 bits per heavy atom. The molecule has 2 saturated heterocycles. The number of pyridine rings is 2. The SMILES string of the molecule is CC1(C)S[C@@H]2C(NC(=O)[C@H](NC(=O)c3c[nH]c4cccnc4c3=O)c3ccc(O)cc3)C(=O)N2C1c1nn[nH]n1. The number of phenolic OH excluding ortho intramolecular Hbond substituents is 1. The molecule has 0 spiro atoms. The second-order valence-corrected chi connectivity index (χ2v) is 11.7. The molecule has 40 heavy (non-hydrogen) atoms. The molecule has 3 aromatic heterocycles. The average molecular weight is 562 g/mol. The highest BCUT2D eigenvalue weighted by atomic mass is 32.2. The minimum atomic E-state index is -1.28. The highest BCUT2D eigenvalue weighted by molar-refractivity contribution is 8.01. The summed E-state index contributed by atoms with van der Waals surface area (Å²) in [5, 5.41) is 28.9. The van der Waals surface area contributed by atoms with Gasteiger partial charge in [0.15, 0.2) is 5.82 Å². The number of nitrogens with one attached hydrogen (secondary N) is 4. The molecule has 0 aliphatic carbocycles. The molecule has 5 heterocycles. The lowest BCUT2D eigenvalue weighted by Crippen LogP contribution is -2.68. The van der Waals surface area contributed by atoms with Crippen LogP contribution in [0.25, 0.3) is 11.0 Å². The lowest BCUT2D eigenvalue weighted by atomic mass is 9.95.